The van der Waals surface area contributed by atoms with Crippen LogP contribution in [0.2, 0.25) is 0 Å². The minimum Gasteiger partial charge on any atom is -0.421 e. The van der Waals surface area contributed by atoms with Crippen molar-refractivity contribution in [3.63, 3.8) is 0 Å². The summed E-state index contributed by atoms with van der Waals surface area (Å²) in [5.74, 6) is 0. The molecule has 0 aliphatic rings. The molecular weight excluding hydrogens is 332 g/mol. The van der Waals surface area contributed by atoms with E-state index in [1.165, 1.54) is 10.6 Å². The van der Waals surface area contributed by atoms with E-state index in [1.807, 2.05) is 61.5 Å². The van der Waals surface area contributed by atoms with Gasteiger partial charge in [-0.1, -0.05) is 59.3 Å². The molecule has 0 aliphatic heterocycles. The van der Waals surface area contributed by atoms with E-state index in [-0.39, 0.29) is 11.5 Å². The molecule has 0 fully saturated rings. The van der Waals surface area contributed by atoms with Crippen molar-refractivity contribution in [2.24, 2.45) is 0 Å². The summed E-state index contributed by atoms with van der Waals surface area (Å²) in [6, 6.07) is 19.2. The lowest BCUT2D eigenvalue weighted by molar-refractivity contribution is 0.0705. The lowest BCUT2D eigenvalue weighted by Gasteiger charge is -2.13. The summed E-state index contributed by atoms with van der Waals surface area (Å²) in [7, 11) is 0. The van der Waals surface area contributed by atoms with Gasteiger partial charge in [0.15, 0.2) is 0 Å². The van der Waals surface area contributed by atoms with Crippen LogP contribution >= 0.6 is 0 Å². The molecule has 1 aromatic heterocycles. The smallest absolute Gasteiger partial charge is 0.366 e. The zero-order valence-corrected chi connectivity index (χ0v) is 14.5. The third-order valence-corrected chi connectivity index (χ3v) is 4.13. The molecule has 3 aromatic rings. The molecule has 0 amide bonds. The normalized spacial score (nSPS) is 10.8. The van der Waals surface area contributed by atoms with Crippen molar-refractivity contribution in [2.75, 3.05) is 6.61 Å². The van der Waals surface area contributed by atoms with Crippen LogP contribution in [-0.4, -0.2) is 21.1 Å². The molecule has 6 nitrogen and oxygen atoms in total. The molecule has 1 N–H and O–H groups in total. The second-order valence-corrected chi connectivity index (χ2v) is 5.86. The van der Waals surface area contributed by atoms with Crippen molar-refractivity contribution in [1.29, 1.82) is 0 Å². The van der Waals surface area contributed by atoms with Gasteiger partial charge >= 0.3 is 5.69 Å². The Labute approximate surface area is 150 Å². The fourth-order valence-corrected chi connectivity index (χ4v) is 2.74. The molecule has 0 aliphatic carbocycles. The van der Waals surface area contributed by atoms with Crippen LogP contribution < -0.4 is 11.2 Å². The Morgan fingerprint density at radius 2 is 1.62 bits per heavy atom. The van der Waals surface area contributed by atoms with Crippen molar-refractivity contribution >= 4 is 0 Å². The molecule has 0 bridgehead atoms. The van der Waals surface area contributed by atoms with Crippen LogP contribution in [0.25, 0.3) is 11.1 Å². The predicted molar refractivity (Wildman–Crippen MR) is 98.5 cm³/mol. The topological polar surface area (TPSA) is 73.5 Å². The van der Waals surface area contributed by atoms with Crippen LogP contribution in [0.4, 0.5) is 0 Å². The minimum atomic E-state index is -0.804. The van der Waals surface area contributed by atoms with Gasteiger partial charge in [0, 0.05) is 24.8 Å². The van der Waals surface area contributed by atoms with Crippen molar-refractivity contribution in [3.8, 4) is 11.1 Å². The van der Waals surface area contributed by atoms with Gasteiger partial charge in [-0.05, 0) is 23.6 Å². The van der Waals surface area contributed by atoms with Gasteiger partial charge in [0.25, 0.3) is 5.56 Å². The predicted octanol–water partition coefficient (Wildman–Crippen LogP) is 2.50. The molecule has 0 radical (unpaired) electrons. The van der Waals surface area contributed by atoms with Crippen LogP contribution in [0, 0.1) is 0 Å². The second-order valence-electron chi connectivity index (χ2n) is 5.86. The van der Waals surface area contributed by atoms with E-state index >= 15 is 0 Å². The fourth-order valence-electron chi connectivity index (χ4n) is 2.74. The standard InChI is InChI=1S/C20H20N2O4/c1-2-26-14-21-18(13-19(23)22(25)20(21)24)12-15-8-10-17(11-9-15)16-6-4-3-5-7-16/h3-11,13,25H,2,12,14H2,1H3. The number of hydrogen-bond donors (Lipinski definition) is 1. The fraction of sp³-hybridized carbons (Fsp3) is 0.200. The third-order valence-electron chi connectivity index (χ3n) is 4.13. The zero-order valence-electron chi connectivity index (χ0n) is 14.5. The van der Waals surface area contributed by atoms with E-state index in [2.05, 4.69) is 0 Å². The first-order valence-corrected chi connectivity index (χ1v) is 8.37. The van der Waals surface area contributed by atoms with Crippen LogP contribution in [-0.2, 0) is 17.9 Å². The van der Waals surface area contributed by atoms with E-state index in [1.54, 1.807) is 0 Å². The first kappa shape index (κ1) is 17.7. The Hall–Kier alpha value is -3.12. The Balaban J connectivity index is 1.91. The molecular formula is C20H20N2O4. The van der Waals surface area contributed by atoms with Gasteiger partial charge < -0.3 is 9.94 Å². The summed E-state index contributed by atoms with van der Waals surface area (Å²) in [4.78, 5) is 23.9. The van der Waals surface area contributed by atoms with Crippen molar-refractivity contribution < 1.29 is 9.94 Å². The van der Waals surface area contributed by atoms with Gasteiger partial charge in [-0.3, -0.25) is 9.36 Å². The Kier molecular flexibility index (Phi) is 5.34. The lowest BCUT2D eigenvalue weighted by Crippen LogP contribution is -2.40. The summed E-state index contributed by atoms with van der Waals surface area (Å²) in [6.07, 6.45) is 0.382. The molecule has 3 rings (SSSR count). The SMILES string of the molecule is CCOCn1c(Cc2ccc(-c3ccccc3)cc2)cc(=O)n(O)c1=O. The molecule has 2 aromatic carbocycles. The molecule has 0 unspecified atom stereocenters. The number of hydrogen-bond acceptors (Lipinski definition) is 4. The van der Waals surface area contributed by atoms with Gasteiger partial charge in [-0.25, -0.2) is 4.79 Å². The number of nitrogens with zero attached hydrogens (tertiary/aromatic N) is 2. The van der Waals surface area contributed by atoms with Crippen LogP contribution in [0.5, 0.6) is 0 Å². The Morgan fingerprint density at radius 1 is 0.962 bits per heavy atom. The summed E-state index contributed by atoms with van der Waals surface area (Å²) < 4.78 is 6.65. The van der Waals surface area contributed by atoms with Gasteiger partial charge in [0.05, 0.1) is 0 Å². The highest BCUT2D eigenvalue weighted by Gasteiger charge is 2.11. The molecule has 0 spiro atoms. The van der Waals surface area contributed by atoms with E-state index in [0.717, 1.165) is 16.7 Å². The molecule has 0 saturated carbocycles. The number of aromatic nitrogens is 2. The Bertz CT molecular complexity index is 989. The van der Waals surface area contributed by atoms with Crippen molar-refractivity contribution in [3.05, 3.63) is 92.8 Å². The zero-order chi connectivity index (χ0) is 18.5. The molecule has 0 saturated heterocycles. The highest BCUT2D eigenvalue weighted by Crippen LogP contribution is 2.20. The summed E-state index contributed by atoms with van der Waals surface area (Å²) >= 11 is 0. The third kappa shape index (κ3) is 3.75. The summed E-state index contributed by atoms with van der Waals surface area (Å²) in [5, 5.41) is 9.55. The van der Waals surface area contributed by atoms with Crippen molar-refractivity contribution in [2.45, 2.75) is 20.1 Å². The average molecular weight is 352 g/mol. The van der Waals surface area contributed by atoms with Crippen molar-refractivity contribution in [1.82, 2.24) is 9.30 Å². The summed E-state index contributed by atoms with van der Waals surface area (Å²) in [6.45, 7) is 2.21. The highest BCUT2D eigenvalue weighted by atomic mass is 16.5. The van der Waals surface area contributed by atoms with E-state index in [4.69, 9.17) is 4.74 Å². The quantitative estimate of drug-likeness (QED) is 0.692. The average Bonchev–Trinajstić information content (AvgIpc) is 2.67. The van der Waals surface area contributed by atoms with E-state index in [0.29, 0.717) is 18.7 Å². The summed E-state index contributed by atoms with van der Waals surface area (Å²) in [5.41, 5.74) is 2.10. The molecule has 0 atom stereocenters. The largest absolute Gasteiger partial charge is 0.421 e. The van der Waals surface area contributed by atoms with E-state index < -0.39 is 11.2 Å². The van der Waals surface area contributed by atoms with Crippen LogP contribution in [0.15, 0.2) is 70.3 Å². The highest BCUT2D eigenvalue weighted by molar-refractivity contribution is 5.63. The molecule has 134 valence electrons. The maximum atomic E-state index is 12.1. The van der Waals surface area contributed by atoms with Gasteiger partial charge in [0.2, 0.25) is 0 Å². The van der Waals surface area contributed by atoms with Gasteiger partial charge in [-0.15, -0.1) is 0 Å². The monoisotopic (exact) mass is 352 g/mol. The number of ether oxygens (including phenoxy) is 1. The van der Waals surface area contributed by atoms with Gasteiger partial charge in [-0.2, -0.15) is 0 Å². The molecule has 6 heteroatoms. The Morgan fingerprint density at radius 3 is 2.27 bits per heavy atom. The minimum absolute atomic E-state index is 0.0202. The number of rotatable bonds is 6. The lowest BCUT2D eigenvalue weighted by atomic mass is 10.0. The number of benzene rings is 2. The molecule has 26 heavy (non-hydrogen) atoms. The van der Waals surface area contributed by atoms with Crippen LogP contribution in [0.3, 0.4) is 0 Å². The van der Waals surface area contributed by atoms with Gasteiger partial charge in [0.1, 0.15) is 6.73 Å². The second kappa shape index (κ2) is 7.84. The first-order chi connectivity index (χ1) is 12.6. The maximum Gasteiger partial charge on any atom is 0.366 e. The van der Waals surface area contributed by atoms with Crippen LogP contribution in [0.1, 0.15) is 18.2 Å². The maximum absolute atomic E-state index is 12.1. The van der Waals surface area contributed by atoms with E-state index in [9.17, 15) is 14.8 Å². The molecule has 1 heterocycles. The first-order valence-electron chi connectivity index (χ1n) is 8.37.